The average Bonchev–Trinajstić information content (AvgIpc) is 2.85. The number of fused-ring (bicyclic) bond motifs is 1. The molecule has 34 heavy (non-hydrogen) atoms. The van der Waals surface area contributed by atoms with Crippen molar-refractivity contribution in [2.24, 2.45) is 0 Å². The van der Waals surface area contributed by atoms with Crippen LogP contribution in [0.2, 0.25) is 0 Å². The molecule has 0 aliphatic rings. The molecule has 2 amide bonds. The van der Waals surface area contributed by atoms with E-state index in [1.54, 1.807) is 18.8 Å². The van der Waals surface area contributed by atoms with Crippen LogP contribution in [-0.2, 0) is 16.0 Å². The maximum Gasteiger partial charge on any atom is 0.244 e. The lowest BCUT2D eigenvalue weighted by Crippen LogP contribution is -2.36. The van der Waals surface area contributed by atoms with Gasteiger partial charge in [0.25, 0.3) is 0 Å². The zero-order chi connectivity index (χ0) is 24.1. The van der Waals surface area contributed by atoms with Gasteiger partial charge in [0.15, 0.2) is 0 Å². The van der Waals surface area contributed by atoms with Crippen molar-refractivity contribution in [3.05, 3.63) is 90.1 Å². The van der Waals surface area contributed by atoms with Crippen LogP contribution in [0.4, 0.5) is 5.69 Å². The lowest BCUT2D eigenvalue weighted by molar-refractivity contribution is -0.132. The Morgan fingerprint density at radius 2 is 1.62 bits per heavy atom. The van der Waals surface area contributed by atoms with Gasteiger partial charge in [0.2, 0.25) is 11.8 Å². The lowest BCUT2D eigenvalue weighted by atomic mass is 9.92. The van der Waals surface area contributed by atoms with Gasteiger partial charge in [-0.25, -0.2) is 0 Å². The number of aromatic nitrogens is 1. The first-order valence-corrected chi connectivity index (χ1v) is 12.3. The predicted octanol–water partition coefficient (Wildman–Crippen LogP) is 5.57. The summed E-state index contributed by atoms with van der Waals surface area (Å²) in [6.07, 6.45) is 2.13. The number of nitrogens with one attached hydrogen (secondary N) is 1. The number of carbonyl (C=O) groups excluding carboxylic acids is 2. The quantitative estimate of drug-likeness (QED) is 0.359. The second-order valence-corrected chi connectivity index (χ2v) is 8.96. The van der Waals surface area contributed by atoms with E-state index >= 15 is 0 Å². The Bertz CT molecular complexity index is 1340. The molecule has 0 unspecified atom stereocenters. The van der Waals surface area contributed by atoms with Crippen LogP contribution in [0.1, 0.15) is 11.3 Å². The Kier molecular flexibility index (Phi) is 7.28. The van der Waals surface area contributed by atoms with E-state index in [0.717, 1.165) is 43.9 Å². The Hall–Kier alpha value is -3.64. The standard InChI is InChI=1S/C28H27N3O2S/c1-19-22(28(20-11-5-4-6-12-20)21-13-7-8-14-23(21)29-19)17-27(33)31(2)18-26(32)30-24-15-9-10-16-25(24)34-3/h4-16H,17-18H2,1-3H3,(H,30,32). The highest BCUT2D eigenvalue weighted by atomic mass is 32.2. The third kappa shape index (κ3) is 5.13. The number of para-hydroxylation sites is 2. The number of nitrogens with zero attached hydrogens (tertiary/aromatic N) is 2. The minimum Gasteiger partial charge on any atom is -0.336 e. The van der Waals surface area contributed by atoms with Gasteiger partial charge in [-0.15, -0.1) is 11.8 Å². The molecule has 4 aromatic rings. The van der Waals surface area contributed by atoms with Crippen molar-refractivity contribution in [1.29, 1.82) is 0 Å². The minimum absolute atomic E-state index is 0.0255. The van der Waals surface area contributed by atoms with Gasteiger partial charge in [-0.1, -0.05) is 60.7 Å². The van der Waals surface area contributed by atoms with Gasteiger partial charge < -0.3 is 10.2 Å². The highest BCUT2D eigenvalue weighted by Gasteiger charge is 2.20. The third-order valence-corrected chi connectivity index (χ3v) is 6.57. The van der Waals surface area contributed by atoms with Crippen LogP contribution in [0.5, 0.6) is 0 Å². The Morgan fingerprint density at radius 1 is 0.941 bits per heavy atom. The van der Waals surface area contributed by atoms with Gasteiger partial charge in [-0.05, 0) is 48.1 Å². The first-order chi connectivity index (χ1) is 16.5. The summed E-state index contributed by atoms with van der Waals surface area (Å²) >= 11 is 1.56. The molecule has 0 aliphatic carbocycles. The van der Waals surface area contributed by atoms with E-state index in [0.29, 0.717) is 0 Å². The molecule has 0 aliphatic heterocycles. The number of aryl methyl sites for hydroxylation is 1. The molecule has 6 heteroatoms. The molecule has 1 heterocycles. The predicted molar refractivity (Wildman–Crippen MR) is 140 cm³/mol. The molecule has 172 valence electrons. The highest BCUT2D eigenvalue weighted by molar-refractivity contribution is 7.98. The number of likely N-dealkylation sites (N-methyl/N-ethyl adjacent to an activating group) is 1. The Morgan fingerprint density at radius 3 is 2.38 bits per heavy atom. The topological polar surface area (TPSA) is 62.3 Å². The van der Waals surface area contributed by atoms with E-state index in [9.17, 15) is 9.59 Å². The molecule has 0 atom stereocenters. The molecule has 5 nitrogen and oxygen atoms in total. The first-order valence-electron chi connectivity index (χ1n) is 11.1. The summed E-state index contributed by atoms with van der Waals surface area (Å²) in [4.78, 5) is 33.1. The smallest absolute Gasteiger partial charge is 0.244 e. The molecule has 1 N–H and O–H groups in total. The minimum atomic E-state index is -0.228. The van der Waals surface area contributed by atoms with E-state index < -0.39 is 0 Å². The van der Waals surface area contributed by atoms with E-state index in [1.165, 1.54) is 4.90 Å². The number of carbonyl (C=O) groups is 2. The largest absolute Gasteiger partial charge is 0.336 e. The molecule has 1 aromatic heterocycles. The number of benzene rings is 3. The summed E-state index contributed by atoms with van der Waals surface area (Å²) in [7, 11) is 1.66. The number of pyridine rings is 1. The van der Waals surface area contributed by atoms with E-state index in [-0.39, 0.29) is 24.8 Å². The molecule has 0 bridgehead atoms. The number of rotatable bonds is 7. The molecular weight excluding hydrogens is 442 g/mol. The third-order valence-electron chi connectivity index (χ3n) is 5.78. The second-order valence-electron chi connectivity index (χ2n) is 8.11. The van der Waals surface area contributed by atoms with Crippen LogP contribution in [0.25, 0.3) is 22.0 Å². The summed E-state index contributed by atoms with van der Waals surface area (Å²) in [5, 5.41) is 3.93. The molecule has 0 fully saturated rings. The molecule has 0 radical (unpaired) electrons. The monoisotopic (exact) mass is 469 g/mol. The van der Waals surface area contributed by atoms with Gasteiger partial charge in [-0.3, -0.25) is 14.6 Å². The van der Waals surface area contributed by atoms with Gasteiger partial charge in [0.1, 0.15) is 0 Å². The SMILES string of the molecule is CSc1ccccc1NC(=O)CN(C)C(=O)Cc1c(C)nc2ccccc2c1-c1ccccc1. The summed E-state index contributed by atoms with van der Waals surface area (Å²) in [6.45, 7) is 1.91. The van der Waals surface area contributed by atoms with Crippen LogP contribution in [0, 0.1) is 6.92 Å². The maximum absolute atomic E-state index is 13.2. The lowest BCUT2D eigenvalue weighted by Gasteiger charge is -2.20. The number of thioether (sulfide) groups is 1. The van der Waals surface area contributed by atoms with Gasteiger partial charge >= 0.3 is 0 Å². The zero-order valence-corrected chi connectivity index (χ0v) is 20.4. The van der Waals surface area contributed by atoms with Crippen LogP contribution in [0.3, 0.4) is 0 Å². The molecule has 0 spiro atoms. The van der Waals surface area contributed by atoms with Crippen molar-refractivity contribution < 1.29 is 9.59 Å². The molecular formula is C28H27N3O2S. The van der Waals surface area contributed by atoms with Crippen LogP contribution < -0.4 is 5.32 Å². The normalized spacial score (nSPS) is 10.8. The fourth-order valence-electron chi connectivity index (χ4n) is 4.05. The highest BCUT2D eigenvalue weighted by Crippen LogP contribution is 2.33. The van der Waals surface area contributed by atoms with Crippen LogP contribution in [-0.4, -0.2) is 41.5 Å². The molecule has 3 aromatic carbocycles. The number of anilines is 1. The van der Waals surface area contributed by atoms with Crippen molar-refractivity contribution in [1.82, 2.24) is 9.88 Å². The average molecular weight is 470 g/mol. The maximum atomic E-state index is 13.2. The van der Waals surface area contributed by atoms with Gasteiger partial charge in [-0.2, -0.15) is 0 Å². The van der Waals surface area contributed by atoms with E-state index in [1.807, 2.05) is 79.9 Å². The van der Waals surface area contributed by atoms with E-state index in [4.69, 9.17) is 4.98 Å². The Balaban J connectivity index is 1.58. The number of hydrogen-bond acceptors (Lipinski definition) is 4. The summed E-state index contributed by atoms with van der Waals surface area (Å²) in [6, 6.07) is 25.7. The molecule has 0 saturated carbocycles. The first kappa shape index (κ1) is 23.5. The van der Waals surface area contributed by atoms with Crippen LogP contribution in [0.15, 0.2) is 83.8 Å². The summed E-state index contributed by atoms with van der Waals surface area (Å²) in [5.41, 5.74) is 5.41. The number of hydrogen-bond donors (Lipinski definition) is 1. The van der Waals surface area contributed by atoms with Crippen molar-refractivity contribution in [3.8, 4) is 11.1 Å². The second kappa shape index (κ2) is 10.5. The fourth-order valence-corrected chi connectivity index (χ4v) is 4.61. The van der Waals surface area contributed by atoms with Crippen molar-refractivity contribution in [3.63, 3.8) is 0 Å². The van der Waals surface area contributed by atoms with Crippen LogP contribution >= 0.6 is 11.8 Å². The zero-order valence-electron chi connectivity index (χ0n) is 19.5. The van der Waals surface area contributed by atoms with E-state index in [2.05, 4.69) is 17.4 Å². The summed E-state index contributed by atoms with van der Waals surface area (Å²) in [5.74, 6) is -0.361. The van der Waals surface area contributed by atoms with Gasteiger partial charge in [0.05, 0.1) is 24.2 Å². The van der Waals surface area contributed by atoms with Gasteiger partial charge in [0, 0.05) is 23.0 Å². The van der Waals surface area contributed by atoms with Crippen molar-refractivity contribution in [2.75, 3.05) is 25.2 Å². The number of amides is 2. The molecule has 0 saturated heterocycles. The Labute approximate surface area is 204 Å². The molecule has 4 rings (SSSR count). The summed E-state index contributed by atoms with van der Waals surface area (Å²) < 4.78 is 0. The van der Waals surface area contributed by atoms with Crippen molar-refractivity contribution >= 4 is 40.2 Å². The van der Waals surface area contributed by atoms with Crippen molar-refractivity contribution in [2.45, 2.75) is 18.2 Å². The fraction of sp³-hybridized carbons (Fsp3) is 0.179.